The molecule has 3 rings (SSSR count). The van der Waals surface area contributed by atoms with Crippen LogP contribution in [0.4, 0.5) is 0 Å². The van der Waals surface area contributed by atoms with E-state index in [-0.39, 0.29) is 0 Å². The molecule has 2 heterocycles. The zero-order valence-electron chi connectivity index (χ0n) is 11.0. The average Bonchev–Trinajstić information content (AvgIpc) is 3.06. The molecule has 1 N–H and O–H groups in total. The zero-order valence-corrected chi connectivity index (χ0v) is 12.5. The second-order valence-electron chi connectivity index (χ2n) is 5.31. The van der Waals surface area contributed by atoms with Crippen LogP contribution >= 0.6 is 22.9 Å². The molecule has 3 nitrogen and oxygen atoms in total. The van der Waals surface area contributed by atoms with Gasteiger partial charge in [-0.3, -0.25) is 4.79 Å². The molecule has 1 aliphatic heterocycles. The van der Waals surface area contributed by atoms with Gasteiger partial charge in [0.05, 0.1) is 4.34 Å². The molecule has 1 amide bonds. The van der Waals surface area contributed by atoms with Gasteiger partial charge < -0.3 is 10.2 Å². The Bertz CT molecular complexity index is 468. The minimum Gasteiger partial charge on any atom is -0.343 e. The lowest BCUT2D eigenvalue weighted by Gasteiger charge is -2.17. The number of hydrogen-bond acceptors (Lipinski definition) is 3. The Balaban J connectivity index is 1.47. The molecular formula is C14H19ClN2OS. The molecular weight excluding hydrogens is 280 g/mol. The standard InChI is InChI=1S/C14H19ClN2OS/c15-13-9-10-11(3-4-12(10)19-13)16-6-5-14(18)17-7-1-2-8-17/h9,11,16H,1-8H2. The van der Waals surface area contributed by atoms with Crippen molar-refractivity contribution in [3.63, 3.8) is 0 Å². The van der Waals surface area contributed by atoms with Gasteiger partial charge in [0.1, 0.15) is 0 Å². The number of rotatable bonds is 4. The first-order valence-electron chi connectivity index (χ1n) is 7.03. The van der Waals surface area contributed by atoms with Gasteiger partial charge in [-0.05, 0) is 37.3 Å². The van der Waals surface area contributed by atoms with Crippen molar-refractivity contribution in [2.24, 2.45) is 0 Å². The predicted octanol–water partition coefficient (Wildman–Crippen LogP) is 2.99. The number of nitrogens with one attached hydrogen (secondary N) is 1. The van der Waals surface area contributed by atoms with Crippen LogP contribution < -0.4 is 5.32 Å². The summed E-state index contributed by atoms with van der Waals surface area (Å²) < 4.78 is 0.879. The maximum atomic E-state index is 11.9. The number of thiophene rings is 1. The van der Waals surface area contributed by atoms with Gasteiger partial charge in [0.15, 0.2) is 0 Å². The van der Waals surface area contributed by atoms with Gasteiger partial charge in [-0.15, -0.1) is 11.3 Å². The lowest BCUT2D eigenvalue weighted by Crippen LogP contribution is -2.31. The molecule has 0 aromatic carbocycles. The quantitative estimate of drug-likeness (QED) is 0.927. The lowest BCUT2D eigenvalue weighted by molar-refractivity contribution is -0.130. The third-order valence-corrected chi connectivity index (χ3v) is 5.38. The number of likely N-dealkylation sites (tertiary alicyclic amines) is 1. The summed E-state index contributed by atoms with van der Waals surface area (Å²) in [4.78, 5) is 15.3. The van der Waals surface area contributed by atoms with E-state index in [1.165, 1.54) is 23.3 Å². The van der Waals surface area contributed by atoms with E-state index in [0.717, 1.165) is 36.8 Å². The van der Waals surface area contributed by atoms with Crippen LogP contribution in [0.15, 0.2) is 6.07 Å². The van der Waals surface area contributed by atoms with E-state index in [2.05, 4.69) is 11.4 Å². The number of amides is 1. The van der Waals surface area contributed by atoms with Crippen molar-refractivity contribution in [3.8, 4) is 0 Å². The third-order valence-electron chi connectivity index (χ3n) is 4.04. The Morgan fingerprint density at radius 2 is 2.26 bits per heavy atom. The van der Waals surface area contributed by atoms with Gasteiger partial charge in [-0.25, -0.2) is 0 Å². The van der Waals surface area contributed by atoms with Crippen molar-refractivity contribution in [2.75, 3.05) is 19.6 Å². The molecule has 2 aliphatic rings. The minimum absolute atomic E-state index is 0.298. The Morgan fingerprint density at radius 1 is 1.47 bits per heavy atom. The fourth-order valence-corrected chi connectivity index (χ4v) is 4.38. The maximum Gasteiger partial charge on any atom is 0.223 e. The van der Waals surface area contributed by atoms with Crippen LogP contribution in [0.5, 0.6) is 0 Å². The number of fused-ring (bicyclic) bond motifs is 1. The Kier molecular flexibility index (Phi) is 4.10. The Hall–Kier alpha value is -0.580. The molecule has 0 bridgehead atoms. The molecule has 0 saturated carbocycles. The van der Waals surface area contributed by atoms with Gasteiger partial charge in [-0.1, -0.05) is 11.6 Å². The molecule has 1 saturated heterocycles. The van der Waals surface area contributed by atoms with Crippen molar-refractivity contribution >= 4 is 28.8 Å². The molecule has 1 atom stereocenters. The summed E-state index contributed by atoms with van der Waals surface area (Å²) in [6.45, 7) is 2.67. The highest BCUT2D eigenvalue weighted by Crippen LogP contribution is 2.39. The van der Waals surface area contributed by atoms with E-state index in [1.807, 2.05) is 4.90 Å². The largest absolute Gasteiger partial charge is 0.343 e. The maximum absolute atomic E-state index is 11.9. The summed E-state index contributed by atoms with van der Waals surface area (Å²) in [7, 11) is 0. The first kappa shape index (κ1) is 13.4. The van der Waals surface area contributed by atoms with Crippen LogP contribution in [0.3, 0.4) is 0 Å². The van der Waals surface area contributed by atoms with Crippen LogP contribution in [-0.2, 0) is 11.2 Å². The summed E-state index contributed by atoms with van der Waals surface area (Å²) in [5.74, 6) is 0.298. The summed E-state index contributed by atoms with van der Waals surface area (Å²) in [6, 6.07) is 2.47. The number of carbonyl (C=O) groups excluding carboxylic acids is 1. The Morgan fingerprint density at radius 3 is 3.05 bits per heavy atom. The predicted molar refractivity (Wildman–Crippen MR) is 78.8 cm³/mol. The van der Waals surface area contributed by atoms with Crippen molar-refractivity contribution in [2.45, 2.75) is 38.1 Å². The SMILES string of the molecule is O=C(CCNC1CCc2sc(Cl)cc21)N1CCCC1. The van der Waals surface area contributed by atoms with Crippen molar-refractivity contribution in [1.82, 2.24) is 10.2 Å². The monoisotopic (exact) mass is 298 g/mol. The van der Waals surface area contributed by atoms with Crippen LogP contribution in [0.25, 0.3) is 0 Å². The van der Waals surface area contributed by atoms with Crippen molar-refractivity contribution in [3.05, 3.63) is 20.8 Å². The number of hydrogen-bond donors (Lipinski definition) is 1. The average molecular weight is 299 g/mol. The van der Waals surface area contributed by atoms with Crippen LogP contribution in [0, 0.1) is 0 Å². The van der Waals surface area contributed by atoms with Gasteiger partial charge in [-0.2, -0.15) is 0 Å². The van der Waals surface area contributed by atoms with E-state index in [1.54, 1.807) is 11.3 Å². The molecule has 1 aliphatic carbocycles. The second-order valence-corrected chi connectivity index (χ2v) is 7.08. The number of halogens is 1. The van der Waals surface area contributed by atoms with Gasteiger partial charge in [0, 0.05) is 37.0 Å². The third kappa shape index (κ3) is 2.96. The van der Waals surface area contributed by atoms with E-state index >= 15 is 0 Å². The molecule has 0 radical (unpaired) electrons. The van der Waals surface area contributed by atoms with E-state index in [0.29, 0.717) is 18.4 Å². The molecule has 5 heteroatoms. The number of carbonyl (C=O) groups is 1. The highest BCUT2D eigenvalue weighted by Gasteiger charge is 2.25. The van der Waals surface area contributed by atoms with Gasteiger partial charge in [0.25, 0.3) is 0 Å². The first-order valence-corrected chi connectivity index (χ1v) is 8.23. The van der Waals surface area contributed by atoms with Crippen LogP contribution in [-0.4, -0.2) is 30.4 Å². The summed E-state index contributed by atoms with van der Waals surface area (Å²) >= 11 is 7.74. The smallest absolute Gasteiger partial charge is 0.223 e. The Labute approximate surface area is 122 Å². The lowest BCUT2D eigenvalue weighted by atomic mass is 10.2. The highest BCUT2D eigenvalue weighted by atomic mass is 35.5. The number of aryl methyl sites for hydroxylation is 1. The molecule has 1 fully saturated rings. The van der Waals surface area contributed by atoms with Crippen LogP contribution in [0.2, 0.25) is 4.34 Å². The van der Waals surface area contributed by atoms with E-state index < -0.39 is 0 Å². The summed E-state index contributed by atoms with van der Waals surface area (Å²) in [5, 5.41) is 3.51. The van der Waals surface area contributed by atoms with Crippen molar-refractivity contribution < 1.29 is 4.79 Å². The summed E-state index contributed by atoms with van der Waals surface area (Å²) in [6.07, 6.45) is 5.20. The normalized spacial score (nSPS) is 21.9. The molecule has 1 aromatic heterocycles. The first-order chi connectivity index (χ1) is 9.24. The van der Waals surface area contributed by atoms with E-state index in [9.17, 15) is 4.79 Å². The fraction of sp³-hybridized carbons (Fsp3) is 0.643. The second kappa shape index (κ2) is 5.81. The topological polar surface area (TPSA) is 32.3 Å². The van der Waals surface area contributed by atoms with Gasteiger partial charge in [0.2, 0.25) is 5.91 Å². The minimum atomic E-state index is 0.298. The zero-order chi connectivity index (χ0) is 13.2. The summed E-state index contributed by atoms with van der Waals surface area (Å²) in [5.41, 5.74) is 1.35. The molecule has 104 valence electrons. The molecule has 1 aromatic rings. The molecule has 19 heavy (non-hydrogen) atoms. The van der Waals surface area contributed by atoms with Crippen LogP contribution in [0.1, 0.15) is 42.2 Å². The van der Waals surface area contributed by atoms with Gasteiger partial charge >= 0.3 is 0 Å². The highest BCUT2D eigenvalue weighted by molar-refractivity contribution is 7.16. The molecule has 0 spiro atoms. The molecule has 1 unspecified atom stereocenters. The fourth-order valence-electron chi connectivity index (χ4n) is 3.02. The van der Waals surface area contributed by atoms with Crippen molar-refractivity contribution in [1.29, 1.82) is 0 Å². The number of nitrogens with zero attached hydrogens (tertiary/aromatic N) is 1. The van der Waals surface area contributed by atoms with E-state index in [4.69, 9.17) is 11.6 Å².